The number of fused-ring (bicyclic) bond motifs is 1. The molecule has 0 radical (unpaired) electrons. The zero-order chi connectivity index (χ0) is 13.2. The van der Waals surface area contributed by atoms with Crippen LogP contribution < -0.4 is 10.1 Å². The van der Waals surface area contributed by atoms with E-state index in [4.69, 9.17) is 4.74 Å². The van der Waals surface area contributed by atoms with Crippen LogP contribution in [0.15, 0.2) is 18.2 Å². The van der Waals surface area contributed by atoms with Crippen molar-refractivity contribution in [3.8, 4) is 5.75 Å². The van der Waals surface area contributed by atoms with E-state index in [9.17, 15) is 4.79 Å². The molecule has 19 heavy (non-hydrogen) atoms. The Balaban J connectivity index is 1.91. The van der Waals surface area contributed by atoms with Crippen molar-refractivity contribution in [1.82, 2.24) is 0 Å². The normalized spacial score (nSPS) is 23.6. The van der Waals surface area contributed by atoms with Crippen molar-refractivity contribution in [2.75, 3.05) is 12.4 Å². The maximum absolute atomic E-state index is 12.3. The van der Waals surface area contributed by atoms with Crippen molar-refractivity contribution in [3.63, 3.8) is 0 Å². The molecule has 1 unspecified atom stereocenters. The first kappa shape index (κ1) is 12.5. The van der Waals surface area contributed by atoms with Gasteiger partial charge in [0.15, 0.2) is 0 Å². The molecular weight excluding hydrogens is 238 g/mol. The van der Waals surface area contributed by atoms with Crippen LogP contribution in [0.1, 0.15) is 50.0 Å². The monoisotopic (exact) mass is 259 g/mol. The SMILES string of the molecule is COc1ccc2c(c1)C(C1CCCCCC1)C(=O)N2. The van der Waals surface area contributed by atoms with Crippen LogP contribution in [0.4, 0.5) is 5.69 Å². The molecule has 0 bridgehead atoms. The van der Waals surface area contributed by atoms with Crippen LogP contribution in [0, 0.1) is 5.92 Å². The number of carbonyl (C=O) groups excluding carboxylic acids is 1. The summed E-state index contributed by atoms with van der Waals surface area (Å²) in [6.07, 6.45) is 7.50. The smallest absolute Gasteiger partial charge is 0.232 e. The third-order valence-corrected chi connectivity index (χ3v) is 4.51. The van der Waals surface area contributed by atoms with Crippen molar-refractivity contribution >= 4 is 11.6 Å². The number of rotatable bonds is 2. The molecule has 1 aromatic rings. The summed E-state index contributed by atoms with van der Waals surface area (Å²) in [5, 5.41) is 3.02. The average Bonchev–Trinajstić information content (AvgIpc) is 2.61. The van der Waals surface area contributed by atoms with Gasteiger partial charge in [0, 0.05) is 5.69 Å². The number of anilines is 1. The Morgan fingerprint density at radius 3 is 2.58 bits per heavy atom. The summed E-state index contributed by atoms with van der Waals surface area (Å²) < 4.78 is 5.30. The summed E-state index contributed by atoms with van der Waals surface area (Å²) in [4.78, 5) is 12.3. The molecule has 2 aliphatic rings. The standard InChI is InChI=1S/C16H21NO2/c1-19-12-8-9-14-13(10-12)15(16(18)17-14)11-6-4-2-3-5-7-11/h8-11,15H,2-7H2,1H3,(H,17,18). The van der Waals surface area contributed by atoms with Gasteiger partial charge in [0.1, 0.15) is 5.75 Å². The Bertz CT molecular complexity index is 476. The Morgan fingerprint density at radius 1 is 1.16 bits per heavy atom. The molecule has 3 rings (SSSR count). The van der Waals surface area contributed by atoms with Gasteiger partial charge in [0.05, 0.1) is 13.0 Å². The van der Waals surface area contributed by atoms with Crippen LogP contribution in [-0.4, -0.2) is 13.0 Å². The van der Waals surface area contributed by atoms with E-state index in [1.807, 2.05) is 18.2 Å². The van der Waals surface area contributed by atoms with Gasteiger partial charge in [-0.2, -0.15) is 0 Å². The second-order valence-electron chi connectivity index (χ2n) is 5.67. The molecule has 1 N–H and O–H groups in total. The van der Waals surface area contributed by atoms with Gasteiger partial charge in [-0.3, -0.25) is 4.79 Å². The topological polar surface area (TPSA) is 38.3 Å². The summed E-state index contributed by atoms with van der Waals surface area (Å²) in [5.41, 5.74) is 2.11. The highest BCUT2D eigenvalue weighted by Crippen LogP contribution is 2.43. The summed E-state index contributed by atoms with van der Waals surface area (Å²) in [6.45, 7) is 0. The molecule has 1 fully saturated rings. The van der Waals surface area contributed by atoms with E-state index in [2.05, 4.69) is 5.32 Å². The summed E-state index contributed by atoms with van der Waals surface area (Å²) in [6, 6.07) is 5.90. The molecule has 0 spiro atoms. The lowest BCUT2D eigenvalue weighted by atomic mass is 9.82. The second-order valence-corrected chi connectivity index (χ2v) is 5.67. The van der Waals surface area contributed by atoms with Crippen LogP contribution in [0.3, 0.4) is 0 Å². The lowest BCUT2D eigenvalue weighted by Crippen LogP contribution is -2.20. The number of nitrogens with one attached hydrogen (secondary N) is 1. The van der Waals surface area contributed by atoms with E-state index >= 15 is 0 Å². The van der Waals surface area contributed by atoms with Crippen molar-refractivity contribution < 1.29 is 9.53 Å². The van der Waals surface area contributed by atoms with Gasteiger partial charge in [-0.05, 0) is 42.5 Å². The Morgan fingerprint density at radius 2 is 1.89 bits per heavy atom. The van der Waals surface area contributed by atoms with E-state index in [0.717, 1.165) is 17.0 Å². The number of hydrogen-bond acceptors (Lipinski definition) is 2. The molecule has 0 saturated heterocycles. The van der Waals surface area contributed by atoms with E-state index in [-0.39, 0.29) is 11.8 Å². The van der Waals surface area contributed by atoms with Gasteiger partial charge < -0.3 is 10.1 Å². The molecule has 1 saturated carbocycles. The first-order valence-corrected chi connectivity index (χ1v) is 7.28. The lowest BCUT2D eigenvalue weighted by molar-refractivity contribution is -0.118. The molecular formula is C16H21NO2. The minimum absolute atomic E-state index is 0.0307. The summed E-state index contributed by atoms with van der Waals surface area (Å²) >= 11 is 0. The van der Waals surface area contributed by atoms with Gasteiger partial charge in [-0.1, -0.05) is 25.7 Å². The quantitative estimate of drug-likeness (QED) is 0.822. The highest BCUT2D eigenvalue weighted by atomic mass is 16.5. The first-order chi connectivity index (χ1) is 9.29. The molecule has 102 valence electrons. The molecule has 3 heteroatoms. The van der Waals surface area contributed by atoms with Crippen LogP contribution in [0.2, 0.25) is 0 Å². The number of ether oxygens (including phenoxy) is 1. The summed E-state index contributed by atoms with van der Waals surface area (Å²) in [7, 11) is 1.67. The maximum Gasteiger partial charge on any atom is 0.232 e. The van der Waals surface area contributed by atoms with Crippen molar-refractivity contribution in [2.24, 2.45) is 5.92 Å². The number of hydrogen-bond donors (Lipinski definition) is 1. The third kappa shape index (κ3) is 2.34. The van der Waals surface area contributed by atoms with Gasteiger partial charge in [0.25, 0.3) is 0 Å². The van der Waals surface area contributed by atoms with Crippen molar-refractivity contribution in [2.45, 2.75) is 44.4 Å². The molecule has 1 aliphatic carbocycles. The highest BCUT2D eigenvalue weighted by molar-refractivity contribution is 6.03. The van der Waals surface area contributed by atoms with Crippen LogP contribution in [0.5, 0.6) is 5.75 Å². The predicted octanol–water partition coefficient (Wildman–Crippen LogP) is 3.70. The highest BCUT2D eigenvalue weighted by Gasteiger charge is 2.36. The van der Waals surface area contributed by atoms with E-state index in [0.29, 0.717) is 5.92 Å². The van der Waals surface area contributed by atoms with E-state index in [1.54, 1.807) is 7.11 Å². The minimum atomic E-state index is 0.0307. The number of benzene rings is 1. The molecule has 1 heterocycles. The zero-order valence-corrected chi connectivity index (χ0v) is 11.4. The van der Waals surface area contributed by atoms with Gasteiger partial charge in [-0.15, -0.1) is 0 Å². The Hall–Kier alpha value is -1.51. The number of amides is 1. The molecule has 1 amide bonds. The van der Waals surface area contributed by atoms with E-state index < -0.39 is 0 Å². The predicted molar refractivity (Wildman–Crippen MR) is 75.6 cm³/mol. The average molecular weight is 259 g/mol. The lowest BCUT2D eigenvalue weighted by Gasteiger charge is -2.20. The zero-order valence-electron chi connectivity index (χ0n) is 11.4. The molecule has 1 atom stereocenters. The first-order valence-electron chi connectivity index (χ1n) is 7.28. The fourth-order valence-corrected chi connectivity index (χ4v) is 3.50. The van der Waals surface area contributed by atoms with Gasteiger partial charge in [0.2, 0.25) is 5.91 Å². The molecule has 1 aliphatic heterocycles. The van der Waals surface area contributed by atoms with E-state index in [1.165, 1.54) is 38.5 Å². The van der Waals surface area contributed by atoms with Gasteiger partial charge >= 0.3 is 0 Å². The molecule has 0 aromatic heterocycles. The fourth-order valence-electron chi connectivity index (χ4n) is 3.50. The van der Waals surface area contributed by atoms with Crippen molar-refractivity contribution in [1.29, 1.82) is 0 Å². The third-order valence-electron chi connectivity index (χ3n) is 4.51. The van der Waals surface area contributed by atoms with Crippen LogP contribution >= 0.6 is 0 Å². The number of carbonyl (C=O) groups is 1. The van der Waals surface area contributed by atoms with Crippen LogP contribution in [-0.2, 0) is 4.79 Å². The fraction of sp³-hybridized carbons (Fsp3) is 0.562. The second kappa shape index (κ2) is 5.24. The summed E-state index contributed by atoms with van der Waals surface area (Å²) in [5.74, 6) is 1.54. The minimum Gasteiger partial charge on any atom is -0.497 e. The largest absolute Gasteiger partial charge is 0.497 e. The maximum atomic E-state index is 12.3. The van der Waals surface area contributed by atoms with Crippen molar-refractivity contribution in [3.05, 3.63) is 23.8 Å². The molecule has 1 aromatic carbocycles. The van der Waals surface area contributed by atoms with Gasteiger partial charge in [-0.25, -0.2) is 0 Å². The Kier molecular flexibility index (Phi) is 3.45. The molecule has 3 nitrogen and oxygen atoms in total. The number of methoxy groups -OCH3 is 1. The Labute approximate surface area is 114 Å². The van der Waals surface area contributed by atoms with Crippen LogP contribution in [0.25, 0.3) is 0 Å².